The van der Waals surface area contributed by atoms with Gasteiger partial charge in [-0.15, -0.1) is 0 Å². The fourth-order valence-corrected chi connectivity index (χ4v) is 2.87. The highest BCUT2D eigenvalue weighted by atomic mass is 19.1. The highest BCUT2D eigenvalue weighted by Crippen LogP contribution is 2.22. The number of non-ortho nitro benzene ring substituents is 1. The van der Waals surface area contributed by atoms with E-state index >= 15 is 0 Å². The standard InChI is InChI=1S/C23H15FN2O5/c24-18-8-6-17(7-9-18)22-25-21(23(27)31-22)13-15-4-10-20(11-5-15)30-14-16-2-1-3-19(12-16)26(28)29/h1-13H,14H2. The molecule has 0 N–H and O–H groups in total. The zero-order valence-corrected chi connectivity index (χ0v) is 16.0. The van der Waals surface area contributed by atoms with Gasteiger partial charge < -0.3 is 9.47 Å². The van der Waals surface area contributed by atoms with Crippen LogP contribution in [0.1, 0.15) is 16.7 Å². The number of rotatable bonds is 6. The smallest absolute Gasteiger partial charge is 0.363 e. The van der Waals surface area contributed by atoms with Gasteiger partial charge in [0.25, 0.3) is 5.69 Å². The molecule has 0 atom stereocenters. The van der Waals surface area contributed by atoms with Crippen molar-refractivity contribution >= 4 is 23.6 Å². The molecule has 0 unspecified atom stereocenters. The van der Waals surface area contributed by atoms with Gasteiger partial charge in [-0.3, -0.25) is 10.1 Å². The van der Waals surface area contributed by atoms with Crippen LogP contribution in [0, 0.1) is 15.9 Å². The minimum Gasteiger partial charge on any atom is -0.489 e. The van der Waals surface area contributed by atoms with Crippen LogP contribution in [0.2, 0.25) is 0 Å². The molecule has 4 rings (SSSR count). The van der Waals surface area contributed by atoms with Crippen molar-refractivity contribution in [2.24, 2.45) is 4.99 Å². The van der Waals surface area contributed by atoms with Crippen LogP contribution in [0.4, 0.5) is 10.1 Å². The predicted octanol–water partition coefficient (Wildman–Crippen LogP) is 4.66. The molecule has 3 aromatic rings. The lowest BCUT2D eigenvalue weighted by Crippen LogP contribution is -2.05. The molecule has 0 bridgehead atoms. The Bertz CT molecular complexity index is 1200. The van der Waals surface area contributed by atoms with Crippen molar-refractivity contribution in [2.45, 2.75) is 6.61 Å². The number of ether oxygens (including phenoxy) is 2. The molecule has 1 heterocycles. The molecule has 0 fully saturated rings. The van der Waals surface area contributed by atoms with Crippen LogP contribution in [-0.4, -0.2) is 16.8 Å². The summed E-state index contributed by atoms with van der Waals surface area (Å²) >= 11 is 0. The summed E-state index contributed by atoms with van der Waals surface area (Å²) in [5.74, 6) is -0.297. The molecule has 31 heavy (non-hydrogen) atoms. The molecule has 0 amide bonds. The first-order valence-corrected chi connectivity index (χ1v) is 9.23. The van der Waals surface area contributed by atoms with Crippen molar-refractivity contribution in [1.29, 1.82) is 0 Å². The third-order valence-corrected chi connectivity index (χ3v) is 4.42. The number of aliphatic imine (C=N–C) groups is 1. The van der Waals surface area contributed by atoms with Crippen LogP contribution in [0.15, 0.2) is 83.5 Å². The molecule has 1 aliphatic heterocycles. The zero-order valence-electron chi connectivity index (χ0n) is 16.0. The molecule has 8 heteroatoms. The number of cyclic esters (lactones) is 1. The van der Waals surface area contributed by atoms with Crippen molar-refractivity contribution in [3.8, 4) is 5.75 Å². The van der Waals surface area contributed by atoms with Gasteiger partial charge in [0, 0.05) is 17.7 Å². The maximum atomic E-state index is 13.1. The van der Waals surface area contributed by atoms with Crippen molar-refractivity contribution < 1.29 is 23.6 Å². The quantitative estimate of drug-likeness (QED) is 0.251. The Morgan fingerprint density at radius 2 is 1.81 bits per heavy atom. The summed E-state index contributed by atoms with van der Waals surface area (Å²) in [6.07, 6.45) is 1.57. The van der Waals surface area contributed by atoms with Gasteiger partial charge >= 0.3 is 5.97 Å². The molecule has 7 nitrogen and oxygen atoms in total. The van der Waals surface area contributed by atoms with Gasteiger partial charge in [0.1, 0.15) is 18.2 Å². The van der Waals surface area contributed by atoms with Gasteiger partial charge in [0.2, 0.25) is 5.90 Å². The Kier molecular flexibility index (Phi) is 5.53. The predicted molar refractivity (Wildman–Crippen MR) is 111 cm³/mol. The van der Waals surface area contributed by atoms with Gasteiger partial charge in [0.15, 0.2) is 5.70 Å². The van der Waals surface area contributed by atoms with E-state index in [1.54, 1.807) is 42.5 Å². The summed E-state index contributed by atoms with van der Waals surface area (Å²) in [5, 5.41) is 10.8. The second-order valence-corrected chi connectivity index (χ2v) is 6.63. The van der Waals surface area contributed by atoms with Gasteiger partial charge in [-0.25, -0.2) is 14.2 Å². The Morgan fingerprint density at radius 1 is 1.06 bits per heavy atom. The van der Waals surface area contributed by atoms with Crippen LogP contribution >= 0.6 is 0 Å². The maximum Gasteiger partial charge on any atom is 0.363 e. The largest absolute Gasteiger partial charge is 0.489 e. The minimum atomic E-state index is -0.592. The van der Waals surface area contributed by atoms with E-state index in [1.165, 1.54) is 36.4 Å². The average molecular weight is 418 g/mol. The molecule has 0 spiro atoms. The van der Waals surface area contributed by atoms with E-state index in [-0.39, 0.29) is 23.9 Å². The number of nitrogens with zero attached hydrogens (tertiary/aromatic N) is 2. The summed E-state index contributed by atoms with van der Waals surface area (Å²) in [7, 11) is 0. The molecule has 0 saturated heterocycles. The van der Waals surface area contributed by atoms with Crippen LogP contribution in [-0.2, 0) is 16.1 Å². The number of nitro groups is 1. The number of carbonyl (C=O) groups is 1. The van der Waals surface area contributed by atoms with Gasteiger partial charge in [-0.05, 0) is 53.6 Å². The molecule has 3 aromatic carbocycles. The number of hydrogen-bond acceptors (Lipinski definition) is 6. The summed E-state index contributed by atoms with van der Waals surface area (Å²) in [4.78, 5) is 26.7. The summed E-state index contributed by atoms with van der Waals surface area (Å²) in [6, 6.07) is 18.6. The monoisotopic (exact) mass is 418 g/mol. The number of halogens is 1. The van der Waals surface area contributed by atoms with Crippen molar-refractivity contribution in [1.82, 2.24) is 0 Å². The van der Waals surface area contributed by atoms with E-state index in [1.807, 2.05) is 0 Å². The minimum absolute atomic E-state index is 0.00656. The fourth-order valence-electron chi connectivity index (χ4n) is 2.87. The van der Waals surface area contributed by atoms with Crippen molar-refractivity contribution in [3.05, 3.63) is 111 Å². The normalized spacial score (nSPS) is 14.3. The van der Waals surface area contributed by atoms with E-state index in [0.29, 0.717) is 22.4 Å². The lowest BCUT2D eigenvalue weighted by atomic mass is 10.2. The number of hydrogen-bond donors (Lipinski definition) is 0. The lowest BCUT2D eigenvalue weighted by Gasteiger charge is -2.06. The van der Waals surface area contributed by atoms with Crippen LogP contribution in [0.3, 0.4) is 0 Å². The second-order valence-electron chi connectivity index (χ2n) is 6.63. The van der Waals surface area contributed by atoms with Crippen molar-refractivity contribution in [3.63, 3.8) is 0 Å². The SMILES string of the molecule is O=C1OC(c2ccc(F)cc2)=NC1=Cc1ccc(OCc2cccc([N+](=O)[O-])c2)cc1. The Morgan fingerprint density at radius 3 is 2.52 bits per heavy atom. The molecule has 0 saturated carbocycles. The summed E-state index contributed by atoms with van der Waals surface area (Å²) in [6.45, 7) is 0.180. The molecular formula is C23H15FN2O5. The van der Waals surface area contributed by atoms with Crippen molar-refractivity contribution in [2.75, 3.05) is 0 Å². The lowest BCUT2D eigenvalue weighted by molar-refractivity contribution is -0.384. The number of nitro benzene ring substituents is 1. The third kappa shape index (κ3) is 4.81. The van der Waals surface area contributed by atoms with E-state index < -0.39 is 16.7 Å². The Balaban J connectivity index is 1.44. The number of carbonyl (C=O) groups excluding carboxylic acids is 1. The fraction of sp³-hybridized carbons (Fsp3) is 0.0435. The molecule has 0 radical (unpaired) electrons. The van der Waals surface area contributed by atoms with E-state index in [2.05, 4.69) is 4.99 Å². The first kappa shape index (κ1) is 20.0. The number of benzene rings is 3. The van der Waals surface area contributed by atoms with Gasteiger partial charge in [-0.1, -0.05) is 24.3 Å². The molecule has 1 aliphatic rings. The van der Waals surface area contributed by atoms with Crippen LogP contribution in [0.5, 0.6) is 5.75 Å². The average Bonchev–Trinajstić information content (AvgIpc) is 3.14. The van der Waals surface area contributed by atoms with Gasteiger partial charge in [0.05, 0.1) is 4.92 Å². The Hall–Kier alpha value is -4.33. The molecule has 0 aliphatic carbocycles. The van der Waals surface area contributed by atoms with E-state index in [9.17, 15) is 19.3 Å². The highest BCUT2D eigenvalue weighted by molar-refractivity contribution is 6.12. The maximum absolute atomic E-state index is 13.1. The summed E-state index contributed by atoms with van der Waals surface area (Å²) < 4.78 is 23.9. The molecule has 154 valence electrons. The number of esters is 1. The summed E-state index contributed by atoms with van der Waals surface area (Å²) in [5.41, 5.74) is 2.02. The Labute approximate surface area is 176 Å². The first-order chi connectivity index (χ1) is 15.0. The first-order valence-electron chi connectivity index (χ1n) is 9.23. The zero-order chi connectivity index (χ0) is 21.8. The second kappa shape index (κ2) is 8.58. The topological polar surface area (TPSA) is 91.0 Å². The molecular weight excluding hydrogens is 403 g/mol. The molecule has 0 aromatic heterocycles. The van der Waals surface area contributed by atoms with Crippen LogP contribution in [0.25, 0.3) is 6.08 Å². The van der Waals surface area contributed by atoms with E-state index in [0.717, 1.165) is 0 Å². The van der Waals surface area contributed by atoms with Crippen LogP contribution < -0.4 is 4.74 Å². The van der Waals surface area contributed by atoms with Gasteiger partial charge in [-0.2, -0.15) is 0 Å². The van der Waals surface area contributed by atoms with E-state index in [4.69, 9.17) is 9.47 Å². The highest BCUT2D eigenvalue weighted by Gasteiger charge is 2.24. The third-order valence-electron chi connectivity index (χ3n) is 4.42.